The van der Waals surface area contributed by atoms with Crippen LogP contribution in [0.2, 0.25) is 0 Å². The lowest BCUT2D eigenvalue weighted by Crippen LogP contribution is -2.08. The molecule has 0 saturated carbocycles. The van der Waals surface area contributed by atoms with E-state index in [1.165, 1.54) is 18.2 Å². The van der Waals surface area contributed by atoms with Gasteiger partial charge < -0.3 is 5.32 Å². The Hall–Kier alpha value is -2.80. The fraction of sp³-hybridized carbons (Fsp3) is 0.158. The number of hydrogen-bond donors (Lipinski definition) is 1. The number of aryl methyl sites for hydroxylation is 2. The minimum Gasteiger partial charge on any atom is -0.365 e. The van der Waals surface area contributed by atoms with Crippen LogP contribution in [0.4, 0.5) is 10.2 Å². The van der Waals surface area contributed by atoms with Gasteiger partial charge in [0.2, 0.25) is 9.84 Å². The van der Waals surface area contributed by atoms with E-state index < -0.39 is 9.84 Å². The van der Waals surface area contributed by atoms with Crippen LogP contribution in [-0.2, 0) is 16.4 Å². The number of halogens is 1. The van der Waals surface area contributed by atoms with Crippen LogP contribution in [0.1, 0.15) is 16.7 Å². The molecule has 0 atom stereocenters. The van der Waals surface area contributed by atoms with Gasteiger partial charge in [0.05, 0.1) is 4.90 Å². The fourth-order valence-corrected chi connectivity index (χ4v) is 3.57. The fourth-order valence-electron chi connectivity index (χ4n) is 2.35. The first-order chi connectivity index (χ1) is 12.4. The third-order valence-electron chi connectivity index (χ3n) is 4.09. The number of benzene rings is 2. The van der Waals surface area contributed by atoms with E-state index in [4.69, 9.17) is 0 Å². The predicted molar refractivity (Wildman–Crippen MR) is 97.1 cm³/mol. The summed E-state index contributed by atoms with van der Waals surface area (Å²) >= 11 is 0. The highest BCUT2D eigenvalue weighted by molar-refractivity contribution is 7.91. The van der Waals surface area contributed by atoms with Gasteiger partial charge in [0.15, 0.2) is 5.03 Å². The van der Waals surface area contributed by atoms with Crippen LogP contribution in [0, 0.1) is 19.7 Å². The van der Waals surface area contributed by atoms with Crippen molar-refractivity contribution in [3.63, 3.8) is 0 Å². The van der Waals surface area contributed by atoms with Gasteiger partial charge in [-0.25, -0.2) is 12.8 Å². The average molecular weight is 371 g/mol. The Labute approximate surface area is 151 Å². The maximum atomic E-state index is 12.9. The Balaban J connectivity index is 1.75. The molecule has 26 heavy (non-hydrogen) atoms. The van der Waals surface area contributed by atoms with E-state index in [2.05, 4.69) is 15.5 Å². The lowest BCUT2D eigenvalue weighted by molar-refractivity contribution is 0.590. The highest BCUT2D eigenvalue weighted by atomic mass is 32.2. The molecule has 134 valence electrons. The van der Waals surface area contributed by atoms with Crippen molar-refractivity contribution in [1.29, 1.82) is 0 Å². The molecule has 0 amide bonds. The molecular formula is C19H18FN3O2S. The topological polar surface area (TPSA) is 72.0 Å². The number of sulfone groups is 1. The highest BCUT2D eigenvalue weighted by Crippen LogP contribution is 2.21. The molecule has 0 aliphatic heterocycles. The Morgan fingerprint density at radius 1 is 0.923 bits per heavy atom. The summed E-state index contributed by atoms with van der Waals surface area (Å²) in [5, 5.41) is 10.7. The molecule has 0 aliphatic carbocycles. The molecule has 7 heteroatoms. The third-order valence-corrected chi connectivity index (χ3v) is 5.73. The zero-order valence-electron chi connectivity index (χ0n) is 14.4. The predicted octanol–water partition coefficient (Wildman–Crippen LogP) is 3.68. The molecule has 0 unspecified atom stereocenters. The van der Waals surface area contributed by atoms with Crippen LogP contribution >= 0.6 is 0 Å². The van der Waals surface area contributed by atoms with Crippen LogP contribution in [0.5, 0.6) is 0 Å². The first kappa shape index (κ1) is 18.0. The van der Waals surface area contributed by atoms with Crippen molar-refractivity contribution in [2.24, 2.45) is 0 Å². The standard InChI is InChI=1S/C19H18FN3O2S/c1-13-3-8-17(11-14(13)2)26(24,25)19-10-9-18(22-23-19)21-12-15-4-6-16(20)7-5-15/h3-11H,12H2,1-2H3,(H,21,22). The van der Waals surface area contributed by atoms with Gasteiger partial charge in [-0.1, -0.05) is 18.2 Å². The molecule has 0 aliphatic rings. The molecule has 0 saturated heterocycles. The molecule has 3 aromatic rings. The summed E-state index contributed by atoms with van der Waals surface area (Å²) in [6, 6.07) is 14.0. The maximum Gasteiger partial charge on any atom is 0.225 e. The van der Waals surface area contributed by atoms with Crippen molar-refractivity contribution in [3.8, 4) is 0 Å². The molecule has 1 heterocycles. The number of rotatable bonds is 5. The van der Waals surface area contributed by atoms with Gasteiger partial charge in [0.25, 0.3) is 0 Å². The average Bonchev–Trinajstić information content (AvgIpc) is 2.64. The number of nitrogens with zero attached hydrogens (tertiary/aromatic N) is 2. The first-order valence-electron chi connectivity index (χ1n) is 8.00. The molecule has 1 N–H and O–H groups in total. The summed E-state index contributed by atoms with van der Waals surface area (Å²) in [6.07, 6.45) is 0. The van der Waals surface area contributed by atoms with Crippen LogP contribution < -0.4 is 5.32 Å². The Morgan fingerprint density at radius 2 is 1.65 bits per heavy atom. The van der Waals surface area contributed by atoms with E-state index >= 15 is 0 Å². The molecule has 1 aromatic heterocycles. The molecule has 0 radical (unpaired) electrons. The molecule has 2 aromatic carbocycles. The Kier molecular flexibility index (Phi) is 4.99. The molecule has 0 fully saturated rings. The van der Waals surface area contributed by atoms with Gasteiger partial charge in [0.1, 0.15) is 11.6 Å². The second-order valence-electron chi connectivity index (χ2n) is 5.99. The van der Waals surface area contributed by atoms with E-state index in [-0.39, 0.29) is 15.7 Å². The second-order valence-corrected chi connectivity index (χ2v) is 7.88. The molecular weight excluding hydrogens is 353 g/mol. The van der Waals surface area contributed by atoms with E-state index in [0.717, 1.165) is 16.7 Å². The summed E-state index contributed by atoms with van der Waals surface area (Å²) in [5.41, 5.74) is 2.80. The quantitative estimate of drug-likeness (QED) is 0.741. The largest absolute Gasteiger partial charge is 0.365 e. The SMILES string of the molecule is Cc1ccc(S(=O)(=O)c2ccc(NCc3ccc(F)cc3)nn2)cc1C. The Morgan fingerprint density at radius 3 is 2.27 bits per heavy atom. The Bertz CT molecular complexity index is 1020. The summed E-state index contributed by atoms with van der Waals surface area (Å²) < 4.78 is 38.2. The summed E-state index contributed by atoms with van der Waals surface area (Å²) in [7, 11) is -3.71. The third kappa shape index (κ3) is 3.88. The number of hydrogen-bond acceptors (Lipinski definition) is 5. The normalized spacial score (nSPS) is 11.3. The van der Waals surface area contributed by atoms with Crippen LogP contribution in [0.3, 0.4) is 0 Å². The van der Waals surface area contributed by atoms with Gasteiger partial charge in [-0.05, 0) is 66.9 Å². The summed E-state index contributed by atoms with van der Waals surface area (Å²) in [5.74, 6) is 0.141. The first-order valence-corrected chi connectivity index (χ1v) is 9.49. The number of aromatic nitrogens is 2. The molecule has 5 nitrogen and oxygen atoms in total. The lowest BCUT2D eigenvalue weighted by Gasteiger charge is -2.08. The molecule has 3 rings (SSSR count). The van der Waals surface area contributed by atoms with E-state index in [1.54, 1.807) is 36.4 Å². The molecule has 0 spiro atoms. The van der Waals surface area contributed by atoms with Gasteiger partial charge in [-0.3, -0.25) is 0 Å². The minimum absolute atomic E-state index is 0.104. The lowest BCUT2D eigenvalue weighted by atomic mass is 10.1. The second kappa shape index (κ2) is 7.21. The van der Waals surface area contributed by atoms with E-state index in [9.17, 15) is 12.8 Å². The molecule has 0 bridgehead atoms. The van der Waals surface area contributed by atoms with Crippen molar-refractivity contribution >= 4 is 15.7 Å². The van der Waals surface area contributed by atoms with Crippen molar-refractivity contribution < 1.29 is 12.8 Å². The minimum atomic E-state index is -3.71. The van der Waals surface area contributed by atoms with Gasteiger partial charge in [0, 0.05) is 6.54 Å². The van der Waals surface area contributed by atoms with Crippen LogP contribution in [0.25, 0.3) is 0 Å². The maximum absolute atomic E-state index is 12.9. The van der Waals surface area contributed by atoms with Gasteiger partial charge >= 0.3 is 0 Å². The van der Waals surface area contributed by atoms with E-state index in [1.807, 2.05) is 13.8 Å². The zero-order valence-corrected chi connectivity index (χ0v) is 15.2. The monoisotopic (exact) mass is 371 g/mol. The van der Waals surface area contributed by atoms with Gasteiger partial charge in [-0.15, -0.1) is 10.2 Å². The van der Waals surface area contributed by atoms with Crippen molar-refractivity contribution in [2.45, 2.75) is 30.3 Å². The highest BCUT2D eigenvalue weighted by Gasteiger charge is 2.20. The number of nitrogens with one attached hydrogen (secondary N) is 1. The van der Waals surface area contributed by atoms with Crippen LogP contribution in [0.15, 0.2) is 64.5 Å². The van der Waals surface area contributed by atoms with Crippen molar-refractivity contribution in [3.05, 3.63) is 77.1 Å². The smallest absolute Gasteiger partial charge is 0.225 e. The van der Waals surface area contributed by atoms with Crippen molar-refractivity contribution in [2.75, 3.05) is 5.32 Å². The van der Waals surface area contributed by atoms with Crippen molar-refractivity contribution in [1.82, 2.24) is 10.2 Å². The summed E-state index contributed by atoms with van der Waals surface area (Å²) in [4.78, 5) is 0.196. The summed E-state index contributed by atoms with van der Waals surface area (Å²) in [6.45, 7) is 4.22. The zero-order chi connectivity index (χ0) is 18.7. The van der Waals surface area contributed by atoms with Crippen LogP contribution in [-0.4, -0.2) is 18.6 Å². The van der Waals surface area contributed by atoms with Gasteiger partial charge in [-0.2, -0.15) is 0 Å². The number of anilines is 1. The van der Waals surface area contributed by atoms with E-state index in [0.29, 0.717) is 12.4 Å².